The predicted molar refractivity (Wildman–Crippen MR) is 118 cm³/mol. The van der Waals surface area contributed by atoms with Gasteiger partial charge in [0.05, 0.1) is 5.52 Å². The fourth-order valence-corrected chi connectivity index (χ4v) is 3.81. The van der Waals surface area contributed by atoms with Crippen molar-refractivity contribution in [3.8, 4) is 11.6 Å². The molecule has 2 aromatic carbocycles. The maximum Gasteiger partial charge on any atom is 0.228 e. The van der Waals surface area contributed by atoms with Crippen molar-refractivity contribution in [2.24, 2.45) is 0 Å². The zero-order valence-corrected chi connectivity index (χ0v) is 17.0. The number of aromatic nitrogens is 3. The Morgan fingerprint density at radius 3 is 2.48 bits per heavy atom. The summed E-state index contributed by atoms with van der Waals surface area (Å²) < 4.78 is 18.8. The van der Waals surface area contributed by atoms with Crippen LogP contribution in [0, 0.1) is 5.82 Å². The highest BCUT2D eigenvalue weighted by molar-refractivity contribution is 5.81. The number of pyridine rings is 1. The summed E-state index contributed by atoms with van der Waals surface area (Å²) in [5, 5.41) is 1.17. The van der Waals surface area contributed by atoms with Crippen molar-refractivity contribution in [1.29, 1.82) is 0 Å². The summed E-state index contributed by atoms with van der Waals surface area (Å²) in [7, 11) is 0. The minimum Gasteiger partial charge on any atom is -0.439 e. The Balaban J connectivity index is 1.23. The Hall–Kier alpha value is -3.58. The number of hydrogen-bond donors (Lipinski definition) is 0. The molecule has 7 heteroatoms. The SMILES string of the molecule is Fc1ccc(Oc2ccnc(N3CCN(Cc4cccc5cccnc45)CC3)n2)cc1. The Morgan fingerprint density at radius 2 is 1.65 bits per heavy atom. The number of nitrogens with zero attached hydrogens (tertiary/aromatic N) is 5. The number of hydrogen-bond acceptors (Lipinski definition) is 6. The average Bonchev–Trinajstić information content (AvgIpc) is 2.82. The fourth-order valence-electron chi connectivity index (χ4n) is 3.81. The summed E-state index contributed by atoms with van der Waals surface area (Å²) in [6, 6.07) is 18.0. The molecule has 1 aliphatic rings. The molecule has 0 radical (unpaired) electrons. The van der Waals surface area contributed by atoms with Gasteiger partial charge in [0.25, 0.3) is 0 Å². The molecule has 1 aliphatic heterocycles. The quantitative estimate of drug-likeness (QED) is 0.485. The predicted octanol–water partition coefficient (Wildman–Crippen LogP) is 4.28. The van der Waals surface area contributed by atoms with Crippen LogP contribution in [0.3, 0.4) is 0 Å². The van der Waals surface area contributed by atoms with Gasteiger partial charge in [0.15, 0.2) is 0 Å². The first-order valence-corrected chi connectivity index (χ1v) is 10.3. The van der Waals surface area contributed by atoms with E-state index in [2.05, 4.69) is 49.0 Å². The summed E-state index contributed by atoms with van der Waals surface area (Å²) in [6.07, 6.45) is 3.54. The van der Waals surface area contributed by atoms with Crippen LogP contribution in [0.5, 0.6) is 11.6 Å². The maximum absolute atomic E-state index is 13.1. The summed E-state index contributed by atoms with van der Waals surface area (Å²) in [4.78, 5) is 18.1. The van der Waals surface area contributed by atoms with Gasteiger partial charge >= 0.3 is 0 Å². The van der Waals surface area contributed by atoms with Crippen molar-refractivity contribution in [1.82, 2.24) is 19.9 Å². The second-order valence-electron chi connectivity index (χ2n) is 7.51. The van der Waals surface area contributed by atoms with E-state index in [0.717, 1.165) is 38.2 Å². The van der Waals surface area contributed by atoms with E-state index in [0.29, 0.717) is 17.6 Å². The maximum atomic E-state index is 13.1. The van der Waals surface area contributed by atoms with Crippen LogP contribution in [0.1, 0.15) is 5.56 Å². The lowest BCUT2D eigenvalue weighted by molar-refractivity contribution is 0.249. The minimum atomic E-state index is -0.298. The van der Waals surface area contributed by atoms with E-state index in [-0.39, 0.29) is 5.82 Å². The number of rotatable bonds is 5. The van der Waals surface area contributed by atoms with Gasteiger partial charge in [0.2, 0.25) is 11.8 Å². The van der Waals surface area contributed by atoms with E-state index in [1.807, 2.05) is 12.3 Å². The van der Waals surface area contributed by atoms with Crippen LogP contribution >= 0.6 is 0 Å². The molecule has 1 fully saturated rings. The van der Waals surface area contributed by atoms with Crippen molar-refractivity contribution in [2.75, 3.05) is 31.1 Å². The number of piperazine rings is 1. The third-order valence-electron chi connectivity index (χ3n) is 5.42. The van der Waals surface area contributed by atoms with Crippen LogP contribution in [0.2, 0.25) is 0 Å². The van der Waals surface area contributed by atoms with Crippen molar-refractivity contribution >= 4 is 16.9 Å². The number of anilines is 1. The number of benzene rings is 2. The van der Waals surface area contributed by atoms with Crippen LogP contribution in [-0.2, 0) is 6.54 Å². The van der Waals surface area contributed by atoms with Crippen molar-refractivity contribution in [3.63, 3.8) is 0 Å². The standard InChI is InChI=1S/C24H22FN5O/c25-20-6-8-21(9-7-20)31-22-10-12-27-24(28-22)30-15-13-29(14-16-30)17-19-4-1-3-18-5-2-11-26-23(18)19/h1-12H,13-17H2. The first-order chi connectivity index (χ1) is 15.2. The molecule has 0 saturated carbocycles. The molecule has 5 rings (SSSR count). The van der Waals surface area contributed by atoms with Gasteiger partial charge < -0.3 is 9.64 Å². The number of fused-ring (bicyclic) bond motifs is 1. The third kappa shape index (κ3) is 4.46. The third-order valence-corrected chi connectivity index (χ3v) is 5.42. The summed E-state index contributed by atoms with van der Waals surface area (Å²) in [5.41, 5.74) is 2.32. The lowest BCUT2D eigenvalue weighted by atomic mass is 10.1. The van der Waals surface area contributed by atoms with Gasteiger partial charge in [-0.3, -0.25) is 9.88 Å². The van der Waals surface area contributed by atoms with E-state index < -0.39 is 0 Å². The van der Waals surface area contributed by atoms with Gasteiger partial charge in [0, 0.05) is 56.6 Å². The summed E-state index contributed by atoms with van der Waals surface area (Å²) >= 11 is 0. The highest BCUT2D eigenvalue weighted by Gasteiger charge is 2.20. The topological polar surface area (TPSA) is 54.4 Å². The number of halogens is 1. The Labute approximate surface area is 180 Å². The second kappa shape index (κ2) is 8.65. The molecule has 156 valence electrons. The van der Waals surface area contributed by atoms with Gasteiger partial charge in [0.1, 0.15) is 11.6 Å². The van der Waals surface area contributed by atoms with Crippen molar-refractivity contribution in [3.05, 3.63) is 84.4 Å². The molecule has 2 aromatic heterocycles. The van der Waals surface area contributed by atoms with Gasteiger partial charge in [-0.15, -0.1) is 0 Å². The molecular weight excluding hydrogens is 393 g/mol. The molecule has 0 amide bonds. The normalized spacial score (nSPS) is 14.7. The molecule has 0 aliphatic carbocycles. The van der Waals surface area contributed by atoms with Gasteiger partial charge in [-0.05, 0) is 35.9 Å². The van der Waals surface area contributed by atoms with Crippen LogP contribution in [0.25, 0.3) is 10.9 Å². The monoisotopic (exact) mass is 415 g/mol. The van der Waals surface area contributed by atoms with Crippen LogP contribution in [0.15, 0.2) is 73.1 Å². The summed E-state index contributed by atoms with van der Waals surface area (Å²) in [5.74, 6) is 1.33. The van der Waals surface area contributed by atoms with Gasteiger partial charge in [-0.25, -0.2) is 9.37 Å². The molecule has 4 aromatic rings. The Morgan fingerprint density at radius 1 is 0.839 bits per heavy atom. The zero-order valence-electron chi connectivity index (χ0n) is 17.0. The molecular formula is C24H22FN5O. The number of ether oxygens (including phenoxy) is 1. The van der Waals surface area contributed by atoms with Crippen LogP contribution in [-0.4, -0.2) is 46.0 Å². The largest absolute Gasteiger partial charge is 0.439 e. The number of para-hydroxylation sites is 1. The second-order valence-corrected chi connectivity index (χ2v) is 7.51. The first-order valence-electron chi connectivity index (χ1n) is 10.3. The highest BCUT2D eigenvalue weighted by atomic mass is 19.1. The molecule has 31 heavy (non-hydrogen) atoms. The fraction of sp³-hybridized carbons (Fsp3) is 0.208. The Bertz CT molecular complexity index is 1170. The van der Waals surface area contributed by atoms with E-state index in [4.69, 9.17) is 4.74 Å². The van der Waals surface area contributed by atoms with E-state index in [1.165, 1.54) is 23.1 Å². The Kier molecular flexibility index (Phi) is 5.41. The molecule has 0 unspecified atom stereocenters. The molecule has 6 nitrogen and oxygen atoms in total. The van der Waals surface area contributed by atoms with Crippen LogP contribution < -0.4 is 9.64 Å². The first kappa shape index (κ1) is 19.4. The van der Waals surface area contributed by atoms with E-state index in [1.54, 1.807) is 24.4 Å². The molecule has 0 N–H and O–H groups in total. The highest BCUT2D eigenvalue weighted by Crippen LogP contribution is 2.23. The lowest BCUT2D eigenvalue weighted by Gasteiger charge is -2.34. The van der Waals surface area contributed by atoms with Gasteiger partial charge in [-0.1, -0.05) is 24.3 Å². The zero-order chi connectivity index (χ0) is 21.0. The molecule has 0 atom stereocenters. The summed E-state index contributed by atoms with van der Waals surface area (Å²) in [6.45, 7) is 4.36. The molecule has 0 bridgehead atoms. The smallest absolute Gasteiger partial charge is 0.228 e. The van der Waals surface area contributed by atoms with E-state index >= 15 is 0 Å². The molecule has 3 heterocycles. The van der Waals surface area contributed by atoms with Crippen molar-refractivity contribution < 1.29 is 9.13 Å². The minimum absolute atomic E-state index is 0.298. The van der Waals surface area contributed by atoms with Crippen LogP contribution in [0.4, 0.5) is 10.3 Å². The molecule has 0 spiro atoms. The van der Waals surface area contributed by atoms with Crippen molar-refractivity contribution in [2.45, 2.75) is 6.54 Å². The average molecular weight is 415 g/mol. The molecule has 1 saturated heterocycles. The lowest BCUT2D eigenvalue weighted by Crippen LogP contribution is -2.46. The van der Waals surface area contributed by atoms with Gasteiger partial charge in [-0.2, -0.15) is 4.98 Å². The van der Waals surface area contributed by atoms with E-state index in [9.17, 15) is 4.39 Å².